The number of carbonyl (C=O) groups is 1. The van der Waals surface area contributed by atoms with Crippen molar-refractivity contribution in [3.8, 4) is 0 Å². The van der Waals surface area contributed by atoms with E-state index in [4.69, 9.17) is 14.9 Å². The lowest BCUT2D eigenvalue weighted by Gasteiger charge is -2.29. The molecule has 0 amide bonds. The summed E-state index contributed by atoms with van der Waals surface area (Å²) in [7, 11) is 0. The predicted octanol–water partition coefficient (Wildman–Crippen LogP) is 0.570. The molecule has 2 N–H and O–H groups in total. The molecule has 0 saturated carbocycles. The van der Waals surface area contributed by atoms with Crippen LogP contribution in [0.4, 0.5) is 0 Å². The van der Waals surface area contributed by atoms with Gasteiger partial charge in [0.15, 0.2) is 0 Å². The van der Waals surface area contributed by atoms with E-state index < -0.39 is 11.9 Å². The molecule has 0 aliphatic carbocycles. The molecule has 0 radical (unpaired) electrons. The summed E-state index contributed by atoms with van der Waals surface area (Å²) in [5, 5.41) is 17.9. The third-order valence-corrected chi connectivity index (χ3v) is 3.20. The van der Waals surface area contributed by atoms with Crippen LogP contribution in [0.3, 0.4) is 0 Å². The van der Waals surface area contributed by atoms with Crippen LogP contribution in [0.15, 0.2) is 0 Å². The Balaban J connectivity index is 2.52. The fraction of sp³-hybridized carbons (Fsp3) is 0.917. The van der Waals surface area contributed by atoms with Crippen LogP contribution in [-0.4, -0.2) is 60.0 Å². The number of unbranched alkanes of at least 4 members (excludes halogenated alkanes) is 1. The van der Waals surface area contributed by atoms with Gasteiger partial charge in [-0.2, -0.15) is 0 Å². The second-order valence-corrected chi connectivity index (χ2v) is 4.52. The molecule has 1 heterocycles. The van der Waals surface area contributed by atoms with Crippen molar-refractivity contribution in [2.24, 2.45) is 5.92 Å². The average molecular weight is 245 g/mol. The number of aliphatic hydroxyl groups is 1. The zero-order valence-corrected chi connectivity index (χ0v) is 10.5. The van der Waals surface area contributed by atoms with Crippen LogP contribution in [0.25, 0.3) is 0 Å². The number of carboxylic acids is 1. The molecule has 0 aromatic heterocycles. The monoisotopic (exact) mass is 245 g/mol. The van der Waals surface area contributed by atoms with Gasteiger partial charge >= 0.3 is 5.97 Å². The highest BCUT2D eigenvalue weighted by atomic mass is 16.5. The molecular formula is C12H23NO4. The summed E-state index contributed by atoms with van der Waals surface area (Å²) >= 11 is 0. The Labute approximate surface area is 102 Å². The number of aliphatic carboxylic acids is 1. The Hall–Kier alpha value is -0.650. The second kappa shape index (κ2) is 7.63. The smallest absolute Gasteiger partial charge is 0.310 e. The first kappa shape index (κ1) is 14.4. The zero-order valence-electron chi connectivity index (χ0n) is 10.5. The van der Waals surface area contributed by atoms with Crippen molar-refractivity contribution in [3.63, 3.8) is 0 Å². The molecule has 0 aromatic carbocycles. The van der Waals surface area contributed by atoms with Crippen molar-refractivity contribution in [2.45, 2.75) is 32.2 Å². The lowest BCUT2D eigenvalue weighted by Crippen LogP contribution is -2.44. The summed E-state index contributed by atoms with van der Waals surface area (Å²) < 4.78 is 5.29. The van der Waals surface area contributed by atoms with E-state index in [0.29, 0.717) is 13.2 Å². The van der Waals surface area contributed by atoms with Crippen LogP contribution >= 0.6 is 0 Å². The van der Waals surface area contributed by atoms with Gasteiger partial charge in [-0.15, -0.1) is 0 Å². The van der Waals surface area contributed by atoms with Crippen molar-refractivity contribution in [1.82, 2.24) is 4.90 Å². The van der Waals surface area contributed by atoms with Crippen LogP contribution < -0.4 is 0 Å². The highest BCUT2D eigenvalue weighted by Gasteiger charge is 2.37. The summed E-state index contributed by atoms with van der Waals surface area (Å²) in [6.07, 6.45) is 2.67. The van der Waals surface area contributed by atoms with Crippen molar-refractivity contribution < 1.29 is 19.7 Å². The first-order chi connectivity index (χ1) is 8.20. The van der Waals surface area contributed by atoms with E-state index in [9.17, 15) is 4.79 Å². The van der Waals surface area contributed by atoms with Crippen LogP contribution in [0.2, 0.25) is 0 Å². The number of aliphatic hydroxyl groups excluding tert-OH is 1. The Morgan fingerprint density at radius 2 is 2.12 bits per heavy atom. The maximum Gasteiger partial charge on any atom is 0.310 e. The summed E-state index contributed by atoms with van der Waals surface area (Å²) in [5.41, 5.74) is 0. The highest BCUT2D eigenvalue weighted by molar-refractivity contribution is 5.71. The van der Waals surface area contributed by atoms with Crippen LogP contribution in [0.1, 0.15) is 26.2 Å². The first-order valence-corrected chi connectivity index (χ1v) is 6.36. The number of carboxylic acid groups (broad SMARTS) is 1. The third kappa shape index (κ3) is 4.26. The minimum atomic E-state index is -0.768. The number of nitrogens with zero attached hydrogens (tertiary/aromatic N) is 1. The fourth-order valence-electron chi connectivity index (χ4n) is 2.30. The summed E-state index contributed by atoms with van der Waals surface area (Å²) in [4.78, 5) is 13.3. The van der Waals surface area contributed by atoms with E-state index in [2.05, 4.69) is 11.8 Å². The lowest BCUT2D eigenvalue weighted by atomic mass is 10.0. The number of ether oxygens (including phenoxy) is 1. The summed E-state index contributed by atoms with van der Waals surface area (Å²) in [5.74, 6) is -1.17. The topological polar surface area (TPSA) is 70.0 Å². The van der Waals surface area contributed by atoms with Gasteiger partial charge in [0.05, 0.1) is 19.1 Å². The summed E-state index contributed by atoms with van der Waals surface area (Å²) in [6, 6.07) is -0.00820. The molecule has 0 bridgehead atoms. The van der Waals surface area contributed by atoms with Crippen molar-refractivity contribution in [1.29, 1.82) is 0 Å². The minimum absolute atomic E-state index is 0.00820. The van der Waals surface area contributed by atoms with Crippen molar-refractivity contribution in [3.05, 3.63) is 0 Å². The molecule has 1 aliphatic rings. The Bertz CT molecular complexity index is 235. The van der Waals surface area contributed by atoms with Gasteiger partial charge in [0.25, 0.3) is 0 Å². The average Bonchev–Trinajstić information content (AvgIpc) is 2.77. The third-order valence-electron chi connectivity index (χ3n) is 3.20. The van der Waals surface area contributed by atoms with Gasteiger partial charge in [0, 0.05) is 12.6 Å². The molecule has 1 rings (SSSR count). The zero-order chi connectivity index (χ0) is 12.7. The standard InChI is InChI=1S/C12H23NO4/c1-2-5-13(6-3-4-7-14)11-9-17-8-10(11)12(15)16/h10-11,14H,2-9H2,1H3,(H,15,16). The minimum Gasteiger partial charge on any atom is -0.481 e. The quantitative estimate of drug-likeness (QED) is 0.612. The lowest BCUT2D eigenvalue weighted by molar-refractivity contribution is -0.143. The van der Waals surface area contributed by atoms with Crippen LogP contribution in [0.5, 0.6) is 0 Å². The first-order valence-electron chi connectivity index (χ1n) is 6.36. The van der Waals surface area contributed by atoms with E-state index in [-0.39, 0.29) is 12.6 Å². The second-order valence-electron chi connectivity index (χ2n) is 4.52. The molecule has 5 heteroatoms. The molecular weight excluding hydrogens is 222 g/mol. The number of hydrogen-bond acceptors (Lipinski definition) is 4. The van der Waals surface area contributed by atoms with Gasteiger partial charge < -0.3 is 14.9 Å². The van der Waals surface area contributed by atoms with E-state index in [1.807, 2.05) is 0 Å². The Morgan fingerprint density at radius 1 is 1.35 bits per heavy atom. The maximum atomic E-state index is 11.1. The molecule has 2 atom stereocenters. The molecule has 1 aliphatic heterocycles. The molecule has 17 heavy (non-hydrogen) atoms. The van der Waals surface area contributed by atoms with E-state index in [1.54, 1.807) is 0 Å². The predicted molar refractivity (Wildman–Crippen MR) is 63.9 cm³/mol. The van der Waals surface area contributed by atoms with Crippen molar-refractivity contribution in [2.75, 3.05) is 32.9 Å². The molecule has 1 saturated heterocycles. The fourth-order valence-corrected chi connectivity index (χ4v) is 2.30. The SMILES string of the molecule is CCCN(CCCCO)C1COCC1C(=O)O. The van der Waals surface area contributed by atoms with Gasteiger partial charge in [-0.25, -0.2) is 0 Å². The summed E-state index contributed by atoms with van der Waals surface area (Å²) in [6.45, 7) is 4.85. The largest absolute Gasteiger partial charge is 0.481 e. The van der Waals surface area contributed by atoms with Gasteiger partial charge in [0.2, 0.25) is 0 Å². The maximum absolute atomic E-state index is 11.1. The number of rotatable bonds is 8. The molecule has 5 nitrogen and oxygen atoms in total. The van der Waals surface area contributed by atoms with Gasteiger partial charge in [-0.05, 0) is 32.4 Å². The van der Waals surface area contributed by atoms with Crippen LogP contribution in [-0.2, 0) is 9.53 Å². The van der Waals surface area contributed by atoms with E-state index >= 15 is 0 Å². The molecule has 0 spiro atoms. The highest BCUT2D eigenvalue weighted by Crippen LogP contribution is 2.20. The molecule has 0 aromatic rings. The molecule has 100 valence electrons. The number of hydrogen-bond donors (Lipinski definition) is 2. The molecule has 1 fully saturated rings. The van der Waals surface area contributed by atoms with Gasteiger partial charge in [0.1, 0.15) is 0 Å². The van der Waals surface area contributed by atoms with Crippen molar-refractivity contribution >= 4 is 5.97 Å². The van der Waals surface area contributed by atoms with E-state index in [1.165, 1.54) is 0 Å². The van der Waals surface area contributed by atoms with Crippen LogP contribution in [0, 0.1) is 5.92 Å². The van der Waals surface area contributed by atoms with E-state index in [0.717, 1.165) is 32.4 Å². The van der Waals surface area contributed by atoms with Gasteiger partial charge in [-0.1, -0.05) is 6.92 Å². The normalized spacial score (nSPS) is 24.4. The Kier molecular flexibility index (Phi) is 6.47. The van der Waals surface area contributed by atoms with Gasteiger partial charge in [-0.3, -0.25) is 9.69 Å². The Morgan fingerprint density at radius 3 is 2.71 bits per heavy atom. The molecule has 2 unspecified atom stereocenters.